The molecule has 0 spiro atoms. The fraction of sp³-hybridized carbons (Fsp3) is 0.353. The molecule has 1 aromatic heterocycles. The number of likely N-dealkylation sites (tertiary alicyclic amines) is 1. The number of carboxylic acid groups (broad SMARTS) is 1. The molecule has 110 valence electrons. The third-order valence-corrected chi connectivity index (χ3v) is 5.18. The maximum Gasteiger partial charge on any atom is 0.307 e. The van der Waals surface area contributed by atoms with E-state index in [2.05, 4.69) is 35.2 Å². The van der Waals surface area contributed by atoms with E-state index in [9.17, 15) is 9.90 Å². The lowest BCUT2D eigenvalue weighted by atomic mass is 9.84. The van der Waals surface area contributed by atoms with Crippen LogP contribution in [0.25, 0.3) is 0 Å². The number of benzene rings is 1. The zero-order valence-electron chi connectivity index (χ0n) is 11.8. The Morgan fingerprint density at radius 3 is 2.71 bits per heavy atom. The molecule has 0 saturated carbocycles. The van der Waals surface area contributed by atoms with Crippen LogP contribution < -0.4 is 0 Å². The second kappa shape index (κ2) is 6.41. The van der Waals surface area contributed by atoms with Gasteiger partial charge in [0.25, 0.3) is 0 Å². The van der Waals surface area contributed by atoms with E-state index in [1.165, 1.54) is 10.4 Å². The number of aliphatic carboxylic acids is 1. The van der Waals surface area contributed by atoms with E-state index in [0.29, 0.717) is 0 Å². The van der Waals surface area contributed by atoms with Gasteiger partial charge in [-0.25, -0.2) is 0 Å². The van der Waals surface area contributed by atoms with E-state index >= 15 is 0 Å². The van der Waals surface area contributed by atoms with Crippen molar-refractivity contribution in [2.24, 2.45) is 5.92 Å². The van der Waals surface area contributed by atoms with Gasteiger partial charge in [0.05, 0.1) is 5.92 Å². The molecule has 0 amide bonds. The van der Waals surface area contributed by atoms with Crippen LogP contribution in [0.15, 0.2) is 47.8 Å². The third kappa shape index (κ3) is 3.34. The van der Waals surface area contributed by atoms with Crippen molar-refractivity contribution >= 4 is 17.3 Å². The molecule has 1 saturated heterocycles. The summed E-state index contributed by atoms with van der Waals surface area (Å²) in [5.41, 5.74) is 1.29. The van der Waals surface area contributed by atoms with Gasteiger partial charge in [-0.2, -0.15) is 0 Å². The van der Waals surface area contributed by atoms with Gasteiger partial charge in [-0.15, -0.1) is 11.3 Å². The molecule has 1 fully saturated rings. The van der Waals surface area contributed by atoms with Crippen LogP contribution in [-0.2, 0) is 11.3 Å². The molecule has 2 heterocycles. The van der Waals surface area contributed by atoms with Gasteiger partial charge in [-0.1, -0.05) is 36.4 Å². The van der Waals surface area contributed by atoms with Gasteiger partial charge in [0.2, 0.25) is 0 Å². The van der Waals surface area contributed by atoms with Crippen molar-refractivity contribution in [2.45, 2.75) is 18.9 Å². The average molecular weight is 301 g/mol. The molecule has 0 radical (unpaired) electrons. The minimum absolute atomic E-state index is 0.111. The molecule has 1 aromatic carbocycles. The van der Waals surface area contributed by atoms with Gasteiger partial charge in [0.1, 0.15) is 0 Å². The van der Waals surface area contributed by atoms with E-state index in [0.717, 1.165) is 26.1 Å². The van der Waals surface area contributed by atoms with Crippen molar-refractivity contribution in [1.29, 1.82) is 0 Å². The quantitative estimate of drug-likeness (QED) is 0.940. The highest BCUT2D eigenvalue weighted by Crippen LogP contribution is 2.35. The Hall–Kier alpha value is -1.65. The molecular weight excluding hydrogens is 282 g/mol. The number of thiophene rings is 1. The first kappa shape index (κ1) is 14.3. The fourth-order valence-corrected chi connectivity index (χ4v) is 3.98. The summed E-state index contributed by atoms with van der Waals surface area (Å²) in [6, 6.07) is 14.5. The van der Waals surface area contributed by atoms with Crippen molar-refractivity contribution in [3.63, 3.8) is 0 Å². The predicted molar refractivity (Wildman–Crippen MR) is 84.5 cm³/mol. The van der Waals surface area contributed by atoms with Crippen molar-refractivity contribution < 1.29 is 9.90 Å². The van der Waals surface area contributed by atoms with E-state index in [4.69, 9.17) is 0 Å². The smallest absolute Gasteiger partial charge is 0.307 e. The molecule has 21 heavy (non-hydrogen) atoms. The number of piperidine rings is 1. The molecular formula is C17H19NO2S. The highest BCUT2D eigenvalue weighted by Gasteiger charge is 2.35. The highest BCUT2D eigenvalue weighted by atomic mass is 32.1. The first-order valence-corrected chi connectivity index (χ1v) is 8.14. The SMILES string of the molecule is O=C(O)C1CCN(Cc2ccccc2)CC1c1cccs1. The Bertz CT molecular complexity index is 582. The van der Waals surface area contributed by atoms with Crippen molar-refractivity contribution in [3.05, 3.63) is 58.3 Å². The summed E-state index contributed by atoms with van der Waals surface area (Å²) >= 11 is 1.67. The summed E-state index contributed by atoms with van der Waals surface area (Å²) in [4.78, 5) is 15.1. The molecule has 1 aliphatic heterocycles. The standard InChI is InChI=1S/C17H19NO2S/c19-17(20)14-8-9-18(11-13-5-2-1-3-6-13)12-15(14)16-7-4-10-21-16/h1-7,10,14-15H,8-9,11-12H2,(H,19,20). The van der Waals surface area contributed by atoms with Gasteiger partial charge in [-0.05, 0) is 30.0 Å². The van der Waals surface area contributed by atoms with Gasteiger partial charge in [0.15, 0.2) is 0 Å². The molecule has 0 bridgehead atoms. The van der Waals surface area contributed by atoms with Crippen molar-refractivity contribution in [2.75, 3.05) is 13.1 Å². The highest BCUT2D eigenvalue weighted by molar-refractivity contribution is 7.10. The van der Waals surface area contributed by atoms with Crippen LogP contribution in [0.4, 0.5) is 0 Å². The lowest BCUT2D eigenvalue weighted by Gasteiger charge is -2.36. The van der Waals surface area contributed by atoms with Gasteiger partial charge in [-0.3, -0.25) is 9.69 Å². The van der Waals surface area contributed by atoms with E-state index in [1.807, 2.05) is 17.5 Å². The number of nitrogens with zero attached hydrogens (tertiary/aromatic N) is 1. The minimum Gasteiger partial charge on any atom is -0.481 e. The molecule has 3 rings (SSSR count). The first-order valence-electron chi connectivity index (χ1n) is 7.26. The predicted octanol–water partition coefficient (Wildman–Crippen LogP) is 3.44. The van der Waals surface area contributed by atoms with Crippen LogP contribution >= 0.6 is 11.3 Å². The van der Waals surface area contributed by atoms with E-state index in [1.54, 1.807) is 11.3 Å². The molecule has 2 aromatic rings. The topological polar surface area (TPSA) is 40.5 Å². The second-order valence-electron chi connectivity index (χ2n) is 5.58. The summed E-state index contributed by atoms with van der Waals surface area (Å²) in [7, 11) is 0. The Morgan fingerprint density at radius 1 is 1.24 bits per heavy atom. The van der Waals surface area contributed by atoms with Crippen LogP contribution in [0.5, 0.6) is 0 Å². The maximum atomic E-state index is 11.5. The third-order valence-electron chi connectivity index (χ3n) is 4.17. The average Bonchev–Trinajstić information content (AvgIpc) is 3.02. The van der Waals surface area contributed by atoms with E-state index < -0.39 is 5.97 Å². The van der Waals surface area contributed by atoms with Crippen LogP contribution in [0.2, 0.25) is 0 Å². The number of rotatable bonds is 4. The maximum absolute atomic E-state index is 11.5. The largest absolute Gasteiger partial charge is 0.481 e. The van der Waals surface area contributed by atoms with Gasteiger partial charge >= 0.3 is 5.97 Å². The van der Waals surface area contributed by atoms with Gasteiger partial charge in [0, 0.05) is 23.9 Å². The Morgan fingerprint density at radius 2 is 2.05 bits per heavy atom. The number of carboxylic acids is 1. The zero-order chi connectivity index (χ0) is 14.7. The molecule has 2 atom stereocenters. The Kier molecular flexibility index (Phi) is 4.36. The van der Waals surface area contributed by atoms with Crippen LogP contribution in [0.3, 0.4) is 0 Å². The van der Waals surface area contributed by atoms with Crippen LogP contribution in [-0.4, -0.2) is 29.1 Å². The van der Waals surface area contributed by atoms with Crippen molar-refractivity contribution in [1.82, 2.24) is 4.90 Å². The zero-order valence-corrected chi connectivity index (χ0v) is 12.6. The molecule has 1 N–H and O–H groups in total. The summed E-state index contributed by atoms with van der Waals surface area (Å²) in [6.07, 6.45) is 0.727. The minimum atomic E-state index is -0.659. The van der Waals surface area contributed by atoms with Gasteiger partial charge < -0.3 is 5.11 Å². The lowest BCUT2D eigenvalue weighted by molar-refractivity contribution is -0.144. The molecule has 3 nitrogen and oxygen atoms in total. The summed E-state index contributed by atoms with van der Waals surface area (Å²) in [6.45, 7) is 2.58. The second-order valence-corrected chi connectivity index (χ2v) is 6.56. The Balaban J connectivity index is 1.74. The number of hydrogen-bond acceptors (Lipinski definition) is 3. The van der Waals surface area contributed by atoms with Crippen molar-refractivity contribution in [3.8, 4) is 0 Å². The fourth-order valence-electron chi connectivity index (χ4n) is 3.09. The van der Waals surface area contributed by atoms with E-state index in [-0.39, 0.29) is 11.8 Å². The molecule has 0 aliphatic carbocycles. The van der Waals surface area contributed by atoms with Crippen LogP contribution in [0, 0.1) is 5.92 Å². The Labute approximate surface area is 128 Å². The summed E-state index contributed by atoms with van der Waals surface area (Å²) in [5.74, 6) is -0.802. The number of carbonyl (C=O) groups is 1. The molecule has 4 heteroatoms. The number of hydrogen-bond donors (Lipinski definition) is 1. The summed E-state index contributed by atoms with van der Waals surface area (Å²) < 4.78 is 0. The summed E-state index contributed by atoms with van der Waals surface area (Å²) in [5, 5.41) is 11.5. The lowest BCUT2D eigenvalue weighted by Crippen LogP contribution is -2.41. The molecule has 2 unspecified atom stereocenters. The first-order chi connectivity index (χ1) is 10.2. The normalized spacial score (nSPS) is 23.0. The van der Waals surface area contributed by atoms with Crippen LogP contribution in [0.1, 0.15) is 22.8 Å². The molecule has 1 aliphatic rings. The monoisotopic (exact) mass is 301 g/mol.